The van der Waals surface area contributed by atoms with Crippen molar-refractivity contribution in [3.05, 3.63) is 77.5 Å². The molecule has 2 atom stereocenters. The quantitative estimate of drug-likeness (QED) is 0.258. The van der Waals surface area contributed by atoms with Crippen LogP contribution in [0.15, 0.2) is 66.3 Å². The van der Waals surface area contributed by atoms with E-state index in [1.165, 1.54) is 0 Å². The second-order valence-corrected chi connectivity index (χ2v) is 8.54. The fourth-order valence-electron chi connectivity index (χ4n) is 4.49. The maximum Gasteiger partial charge on any atom is 0.230 e. The molecule has 9 heteroatoms. The third-order valence-electron chi connectivity index (χ3n) is 6.23. The molecule has 2 heterocycles. The largest absolute Gasteiger partial charge is 0.402 e. The van der Waals surface area contributed by atoms with Gasteiger partial charge in [0.2, 0.25) is 12.3 Å². The fraction of sp³-hybridized carbons (Fsp3) is 0.280. The van der Waals surface area contributed by atoms with E-state index in [4.69, 9.17) is 11.5 Å². The number of hydrogen-bond donors (Lipinski definition) is 5. The van der Waals surface area contributed by atoms with E-state index < -0.39 is 0 Å². The van der Waals surface area contributed by atoms with Crippen molar-refractivity contribution in [2.75, 3.05) is 5.32 Å². The van der Waals surface area contributed by atoms with E-state index in [-0.39, 0.29) is 30.0 Å². The standard InChI is InChI=1S/C25H29N7O2/c26-20(7-9-23(27)29-15-33)17-4-1-5-18(13-17)21-8-10-24(32-31-21)30-25(34)14-16-3-2-6-22-19(16)11-12-28-22/h2-3,6-12,15,17-18,28H,1,4-5,13-14,26-27H2,(H,29,33)(H,30,32,34)/b20-7-,23-9+. The van der Waals surface area contributed by atoms with E-state index in [1.807, 2.05) is 36.5 Å². The molecule has 0 saturated heterocycles. The minimum absolute atomic E-state index is 0.136. The van der Waals surface area contributed by atoms with Crippen LogP contribution in [0.4, 0.5) is 5.82 Å². The van der Waals surface area contributed by atoms with Crippen LogP contribution in [0.2, 0.25) is 0 Å². The van der Waals surface area contributed by atoms with E-state index in [9.17, 15) is 9.59 Å². The summed E-state index contributed by atoms with van der Waals surface area (Å²) in [5.74, 6) is 0.992. The molecule has 34 heavy (non-hydrogen) atoms. The number of nitrogens with two attached hydrogens (primary N) is 2. The lowest BCUT2D eigenvalue weighted by Gasteiger charge is -2.29. The van der Waals surface area contributed by atoms with Gasteiger partial charge < -0.3 is 27.1 Å². The Kier molecular flexibility index (Phi) is 7.22. The number of hydrogen-bond acceptors (Lipinski definition) is 6. The number of fused-ring (bicyclic) bond motifs is 1. The Morgan fingerprint density at radius 2 is 2.00 bits per heavy atom. The van der Waals surface area contributed by atoms with Crippen LogP contribution in [0, 0.1) is 5.92 Å². The van der Waals surface area contributed by atoms with E-state index in [2.05, 4.69) is 25.8 Å². The smallest absolute Gasteiger partial charge is 0.230 e. The zero-order chi connectivity index (χ0) is 23.9. The van der Waals surface area contributed by atoms with Gasteiger partial charge in [0, 0.05) is 28.7 Å². The number of H-pyrrole nitrogens is 1. The topological polar surface area (TPSA) is 152 Å². The van der Waals surface area contributed by atoms with Crippen molar-refractivity contribution >= 4 is 29.0 Å². The molecule has 9 nitrogen and oxygen atoms in total. The number of amides is 2. The molecule has 4 rings (SSSR count). The van der Waals surface area contributed by atoms with Gasteiger partial charge in [0.05, 0.1) is 12.1 Å². The summed E-state index contributed by atoms with van der Waals surface area (Å²) in [5, 5.41) is 14.9. The monoisotopic (exact) mass is 459 g/mol. The lowest BCUT2D eigenvalue weighted by atomic mass is 9.78. The van der Waals surface area contributed by atoms with Crippen molar-refractivity contribution in [1.82, 2.24) is 20.5 Å². The molecule has 3 aromatic rings. The lowest BCUT2D eigenvalue weighted by Crippen LogP contribution is -2.22. The fourth-order valence-corrected chi connectivity index (χ4v) is 4.49. The highest BCUT2D eigenvalue weighted by atomic mass is 16.1. The number of benzene rings is 1. The van der Waals surface area contributed by atoms with E-state index in [0.717, 1.165) is 53.5 Å². The molecule has 2 aromatic heterocycles. The van der Waals surface area contributed by atoms with Gasteiger partial charge in [0.15, 0.2) is 5.82 Å². The summed E-state index contributed by atoms with van der Waals surface area (Å²) in [6.45, 7) is 0. The van der Waals surface area contributed by atoms with Crippen molar-refractivity contribution in [3.8, 4) is 0 Å². The molecule has 2 amide bonds. The Labute approximate surface area is 197 Å². The first-order valence-corrected chi connectivity index (χ1v) is 11.3. The van der Waals surface area contributed by atoms with Gasteiger partial charge >= 0.3 is 0 Å². The van der Waals surface area contributed by atoms with Crippen molar-refractivity contribution in [3.63, 3.8) is 0 Å². The Balaban J connectivity index is 1.36. The number of aromatic amines is 1. The number of rotatable bonds is 8. The minimum Gasteiger partial charge on any atom is -0.402 e. The second kappa shape index (κ2) is 10.7. The number of allylic oxidation sites excluding steroid dienone is 3. The van der Waals surface area contributed by atoms with E-state index >= 15 is 0 Å². The molecule has 7 N–H and O–H groups in total. The van der Waals surface area contributed by atoms with Crippen LogP contribution in [-0.4, -0.2) is 27.5 Å². The average Bonchev–Trinajstić information content (AvgIpc) is 3.33. The highest BCUT2D eigenvalue weighted by molar-refractivity contribution is 5.95. The Hall–Kier alpha value is -4.14. The number of carbonyl (C=O) groups is 2. The van der Waals surface area contributed by atoms with Crippen LogP contribution >= 0.6 is 0 Å². The molecule has 1 aliphatic rings. The van der Waals surface area contributed by atoms with Crippen LogP contribution in [0.5, 0.6) is 0 Å². The number of carbonyl (C=O) groups excluding carboxylic acids is 2. The molecule has 1 fully saturated rings. The molecule has 2 unspecified atom stereocenters. The summed E-state index contributed by atoms with van der Waals surface area (Å²) in [6, 6.07) is 11.6. The number of anilines is 1. The van der Waals surface area contributed by atoms with E-state index in [1.54, 1.807) is 18.2 Å². The summed E-state index contributed by atoms with van der Waals surface area (Å²) < 4.78 is 0. The van der Waals surface area contributed by atoms with Gasteiger partial charge in [-0.1, -0.05) is 18.6 Å². The summed E-state index contributed by atoms with van der Waals surface area (Å²) in [5.41, 5.74) is 15.5. The molecule has 0 bridgehead atoms. The predicted octanol–water partition coefficient (Wildman–Crippen LogP) is 2.80. The third-order valence-corrected chi connectivity index (χ3v) is 6.23. The first-order chi connectivity index (χ1) is 16.5. The number of nitrogens with zero attached hydrogens (tertiary/aromatic N) is 2. The summed E-state index contributed by atoms with van der Waals surface area (Å²) in [4.78, 5) is 26.2. The van der Waals surface area contributed by atoms with Gasteiger partial charge in [-0.25, -0.2) is 0 Å². The lowest BCUT2D eigenvalue weighted by molar-refractivity contribution is -0.115. The summed E-state index contributed by atoms with van der Waals surface area (Å²) in [7, 11) is 0. The van der Waals surface area contributed by atoms with Gasteiger partial charge in [-0.2, -0.15) is 5.10 Å². The first kappa shape index (κ1) is 23.0. The van der Waals surface area contributed by atoms with E-state index in [0.29, 0.717) is 12.2 Å². The Morgan fingerprint density at radius 1 is 1.12 bits per heavy atom. The molecular formula is C25H29N7O2. The molecule has 1 aliphatic carbocycles. The zero-order valence-corrected chi connectivity index (χ0v) is 18.8. The number of nitrogens with one attached hydrogen (secondary N) is 3. The third kappa shape index (κ3) is 5.61. The Morgan fingerprint density at radius 3 is 2.79 bits per heavy atom. The average molecular weight is 460 g/mol. The predicted molar refractivity (Wildman–Crippen MR) is 131 cm³/mol. The van der Waals surface area contributed by atoms with Crippen molar-refractivity contribution in [2.24, 2.45) is 17.4 Å². The number of aromatic nitrogens is 3. The maximum absolute atomic E-state index is 12.6. The summed E-state index contributed by atoms with van der Waals surface area (Å²) in [6.07, 6.45) is 9.89. The van der Waals surface area contributed by atoms with Gasteiger partial charge in [-0.05, 0) is 67.2 Å². The molecule has 0 aliphatic heterocycles. The normalized spacial score (nSPS) is 19.1. The summed E-state index contributed by atoms with van der Waals surface area (Å²) >= 11 is 0. The molecular weight excluding hydrogens is 430 g/mol. The van der Waals surface area contributed by atoms with Gasteiger partial charge in [-0.3, -0.25) is 9.59 Å². The van der Waals surface area contributed by atoms with Crippen LogP contribution in [0.3, 0.4) is 0 Å². The molecule has 0 spiro atoms. The van der Waals surface area contributed by atoms with Crippen LogP contribution in [0.1, 0.15) is 42.9 Å². The minimum atomic E-state index is -0.136. The molecule has 176 valence electrons. The first-order valence-electron chi connectivity index (χ1n) is 11.3. The van der Waals surface area contributed by atoms with Gasteiger partial charge in [0.25, 0.3) is 0 Å². The highest BCUT2D eigenvalue weighted by Gasteiger charge is 2.26. The van der Waals surface area contributed by atoms with Gasteiger partial charge in [0.1, 0.15) is 5.82 Å². The van der Waals surface area contributed by atoms with Crippen LogP contribution < -0.4 is 22.1 Å². The van der Waals surface area contributed by atoms with Crippen molar-refractivity contribution in [1.29, 1.82) is 0 Å². The molecule has 1 aromatic carbocycles. The molecule has 0 radical (unpaired) electrons. The van der Waals surface area contributed by atoms with Crippen molar-refractivity contribution < 1.29 is 9.59 Å². The SMILES string of the molecule is N/C(=C\C=C(/N)NC=O)C1CCCC(c2ccc(NC(=O)Cc3cccc4[nH]ccc34)nn2)C1. The van der Waals surface area contributed by atoms with Crippen LogP contribution in [0.25, 0.3) is 10.9 Å². The van der Waals surface area contributed by atoms with Crippen molar-refractivity contribution in [2.45, 2.75) is 38.0 Å². The second-order valence-electron chi connectivity index (χ2n) is 8.54. The Bertz CT molecular complexity index is 1210. The zero-order valence-electron chi connectivity index (χ0n) is 18.8. The highest BCUT2D eigenvalue weighted by Crippen LogP contribution is 2.37. The van der Waals surface area contributed by atoms with Crippen LogP contribution in [-0.2, 0) is 16.0 Å². The maximum atomic E-state index is 12.6. The molecule has 1 saturated carbocycles. The van der Waals surface area contributed by atoms with Gasteiger partial charge in [-0.15, -0.1) is 5.10 Å².